The predicted molar refractivity (Wildman–Crippen MR) is 70.4 cm³/mol. The van der Waals surface area contributed by atoms with Crippen LogP contribution in [0.4, 0.5) is 0 Å². The Morgan fingerprint density at radius 2 is 2.17 bits per heavy atom. The first kappa shape index (κ1) is 12.9. The number of carbonyl (C=O) groups excluding carboxylic acids is 1. The zero-order chi connectivity index (χ0) is 13.4. The zero-order valence-electron chi connectivity index (χ0n) is 10.7. The summed E-state index contributed by atoms with van der Waals surface area (Å²) in [7, 11) is 0. The van der Waals surface area contributed by atoms with Crippen LogP contribution in [0.15, 0.2) is 12.1 Å². The maximum Gasteiger partial charge on any atom is 0.255 e. The van der Waals surface area contributed by atoms with Gasteiger partial charge in [-0.25, -0.2) is 0 Å². The Bertz CT molecular complexity index is 545. The van der Waals surface area contributed by atoms with Gasteiger partial charge in [-0.15, -0.1) is 0 Å². The molecule has 0 aliphatic carbocycles. The average molecular weight is 263 g/mol. The minimum absolute atomic E-state index is 0.0785. The predicted octanol–water partition coefficient (Wildman–Crippen LogP) is 3.32. The van der Waals surface area contributed by atoms with Gasteiger partial charge in [-0.1, -0.05) is 31.5 Å². The lowest BCUT2D eigenvalue weighted by atomic mass is 10.0. The third-order valence-corrected chi connectivity index (χ3v) is 3.61. The number of benzene rings is 1. The van der Waals surface area contributed by atoms with Crippen LogP contribution in [0, 0.1) is 24.2 Å². The van der Waals surface area contributed by atoms with Crippen LogP contribution in [0.25, 0.3) is 0 Å². The van der Waals surface area contributed by atoms with Gasteiger partial charge < -0.3 is 4.90 Å². The number of hydrogen-bond donors (Lipinski definition) is 0. The monoisotopic (exact) mass is 262 g/mol. The molecule has 0 fully saturated rings. The van der Waals surface area contributed by atoms with Gasteiger partial charge >= 0.3 is 0 Å². The van der Waals surface area contributed by atoms with Gasteiger partial charge in [0.2, 0.25) is 0 Å². The average Bonchev–Trinajstić information content (AvgIpc) is 2.57. The molecule has 1 aliphatic heterocycles. The molecule has 0 spiro atoms. The minimum atomic E-state index is -0.481. The summed E-state index contributed by atoms with van der Waals surface area (Å²) in [5, 5.41) is 9.87. The van der Waals surface area contributed by atoms with Crippen LogP contribution >= 0.6 is 11.6 Å². The van der Waals surface area contributed by atoms with Crippen molar-refractivity contribution in [3.8, 4) is 6.07 Å². The van der Waals surface area contributed by atoms with Gasteiger partial charge in [0.25, 0.3) is 5.91 Å². The molecule has 1 unspecified atom stereocenters. The van der Waals surface area contributed by atoms with Crippen LogP contribution in [-0.4, -0.2) is 17.4 Å². The Balaban J connectivity index is 2.53. The quantitative estimate of drug-likeness (QED) is 0.821. The highest BCUT2D eigenvalue weighted by Gasteiger charge is 2.38. The molecular weight excluding hydrogens is 248 g/mol. The lowest BCUT2D eigenvalue weighted by Crippen LogP contribution is -2.31. The van der Waals surface area contributed by atoms with Crippen molar-refractivity contribution in [1.29, 1.82) is 5.26 Å². The molecule has 2 rings (SSSR count). The Kier molecular flexibility index (Phi) is 3.32. The van der Waals surface area contributed by atoms with Gasteiger partial charge in [0.05, 0.1) is 11.6 Å². The van der Waals surface area contributed by atoms with E-state index in [9.17, 15) is 10.1 Å². The van der Waals surface area contributed by atoms with E-state index >= 15 is 0 Å². The standard InChI is InChI=1S/C14H15ClN2O/c1-8(2)7-17-12(6-16)10-4-5-11(15)9(3)13(10)14(17)18/h4-5,8,12H,7H2,1-3H3. The van der Waals surface area contributed by atoms with Gasteiger partial charge in [0.15, 0.2) is 0 Å². The van der Waals surface area contributed by atoms with Crippen LogP contribution in [0.1, 0.15) is 41.4 Å². The molecule has 0 bridgehead atoms. The fraction of sp³-hybridized carbons (Fsp3) is 0.429. The molecule has 1 heterocycles. The second-order valence-corrected chi connectivity index (χ2v) is 5.43. The van der Waals surface area contributed by atoms with Crippen molar-refractivity contribution in [2.75, 3.05) is 6.54 Å². The summed E-state index contributed by atoms with van der Waals surface area (Å²) in [6.45, 7) is 6.48. The molecule has 0 N–H and O–H groups in total. The maximum atomic E-state index is 12.4. The number of halogens is 1. The third-order valence-electron chi connectivity index (χ3n) is 3.20. The summed E-state index contributed by atoms with van der Waals surface area (Å²) in [4.78, 5) is 14.0. The van der Waals surface area contributed by atoms with E-state index in [1.54, 1.807) is 17.0 Å². The van der Waals surface area contributed by atoms with E-state index in [1.807, 2.05) is 20.8 Å². The highest BCUT2D eigenvalue weighted by molar-refractivity contribution is 6.32. The van der Waals surface area contributed by atoms with Gasteiger partial charge in [-0.3, -0.25) is 4.79 Å². The second kappa shape index (κ2) is 4.62. The molecule has 1 atom stereocenters. The van der Waals surface area contributed by atoms with Gasteiger partial charge in [0.1, 0.15) is 6.04 Å². The number of amides is 1. The molecule has 0 saturated carbocycles. The molecule has 94 valence electrons. The van der Waals surface area contributed by atoms with Crippen molar-refractivity contribution >= 4 is 17.5 Å². The third kappa shape index (κ3) is 1.87. The molecule has 1 amide bonds. The van der Waals surface area contributed by atoms with Crippen molar-refractivity contribution < 1.29 is 4.79 Å². The van der Waals surface area contributed by atoms with E-state index in [2.05, 4.69) is 6.07 Å². The van der Waals surface area contributed by atoms with Crippen molar-refractivity contribution in [2.45, 2.75) is 26.8 Å². The topological polar surface area (TPSA) is 44.1 Å². The van der Waals surface area contributed by atoms with E-state index < -0.39 is 6.04 Å². The summed E-state index contributed by atoms with van der Waals surface area (Å²) >= 11 is 6.05. The highest BCUT2D eigenvalue weighted by Crippen LogP contribution is 2.37. The van der Waals surface area contributed by atoms with Crippen LogP contribution < -0.4 is 0 Å². The summed E-state index contributed by atoms with van der Waals surface area (Å²) < 4.78 is 0. The van der Waals surface area contributed by atoms with Gasteiger partial charge in [-0.05, 0) is 24.5 Å². The SMILES string of the molecule is Cc1c(Cl)ccc2c1C(=O)N(CC(C)C)C2C#N. The number of carbonyl (C=O) groups is 1. The van der Waals surface area contributed by atoms with E-state index in [1.165, 1.54) is 0 Å². The summed E-state index contributed by atoms with van der Waals surface area (Å²) in [5.41, 5.74) is 2.16. The molecule has 1 aliphatic rings. The van der Waals surface area contributed by atoms with Crippen molar-refractivity contribution in [2.24, 2.45) is 5.92 Å². The van der Waals surface area contributed by atoms with Gasteiger partial charge in [-0.2, -0.15) is 5.26 Å². The number of rotatable bonds is 2. The van der Waals surface area contributed by atoms with Crippen molar-refractivity contribution in [3.63, 3.8) is 0 Å². The van der Waals surface area contributed by atoms with Crippen molar-refractivity contribution in [1.82, 2.24) is 4.90 Å². The Morgan fingerprint density at radius 1 is 1.50 bits per heavy atom. The summed E-state index contributed by atoms with van der Waals surface area (Å²) in [6.07, 6.45) is 0. The molecule has 0 radical (unpaired) electrons. The first-order valence-corrected chi connectivity index (χ1v) is 6.34. The fourth-order valence-electron chi connectivity index (χ4n) is 2.37. The zero-order valence-corrected chi connectivity index (χ0v) is 11.5. The molecular formula is C14H15ClN2O. The Labute approximate surface area is 112 Å². The first-order valence-electron chi connectivity index (χ1n) is 5.97. The van der Waals surface area contributed by atoms with E-state index in [0.717, 1.165) is 11.1 Å². The molecule has 1 aromatic carbocycles. The molecule has 18 heavy (non-hydrogen) atoms. The molecule has 3 nitrogen and oxygen atoms in total. The number of hydrogen-bond acceptors (Lipinski definition) is 2. The second-order valence-electron chi connectivity index (χ2n) is 5.02. The number of nitriles is 1. The highest BCUT2D eigenvalue weighted by atomic mass is 35.5. The molecule has 1 aromatic rings. The first-order chi connectivity index (χ1) is 8.47. The van der Waals surface area contributed by atoms with Gasteiger partial charge in [0, 0.05) is 17.1 Å². The largest absolute Gasteiger partial charge is 0.318 e. The maximum absolute atomic E-state index is 12.4. The lowest BCUT2D eigenvalue weighted by molar-refractivity contribution is 0.0736. The van der Waals surface area contributed by atoms with Crippen molar-refractivity contribution in [3.05, 3.63) is 33.8 Å². The van der Waals surface area contributed by atoms with Crippen LogP contribution in [-0.2, 0) is 0 Å². The van der Waals surface area contributed by atoms with Crippen LogP contribution in [0.2, 0.25) is 5.02 Å². The van der Waals surface area contributed by atoms with E-state index in [0.29, 0.717) is 23.0 Å². The normalized spacial score (nSPS) is 18.1. The lowest BCUT2D eigenvalue weighted by Gasteiger charge is -2.21. The summed E-state index contributed by atoms with van der Waals surface area (Å²) in [6, 6.07) is 5.28. The Hall–Kier alpha value is -1.53. The fourth-order valence-corrected chi connectivity index (χ4v) is 2.53. The molecule has 0 saturated heterocycles. The smallest absolute Gasteiger partial charge is 0.255 e. The van der Waals surface area contributed by atoms with E-state index in [-0.39, 0.29) is 5.91 Å². The Morgan fingerprint density at radius 3 is 2.72 bits per heavy atom. The number of fused-ring (bicyclic) bond motifs is 1. The van der Waals surface area contributed by atoms with E-state index in [4.69, 9.17) is 11.6 Å². The number of nitrogens with zero attached hydrogens (tertiary/aromatic N) is 2. The molecule has 4 heteroatoms. The van der Waals surface area contributed by atoms with Crippen LogP contribution in [0.3, 0.4) is 0 Å². The molecule has 0 aromatic heterocycles. The minimum Gasteiger partial charge on any atom is -0.318 e. The van der Waals surface area contributed by atoms with Crippen LogP contribution in [0.5, 0.6) is 0 Å². The summed E-state index contributed by atoms with van der Waals surface area (Å²) in [5.74, 6) is 0.250.